The molecule has 0 aliphatic heterocycles. The molecule has 0 aliphatic rings. The Hall–Kier alpha value is -1.74. The smallest absolute Gasteiger partial charge is 0.308 e. The van der Waals surface area contributed by atoms with E-state index in [-0.39, 0.29) is 17.3 Å². The molecule has 0 heterocycles. The first-order chi connectivity index (χ1) is 12.3. The average Bonchev–Trinajstić information content (AvgIpc) is 2.60. The Morgan fingerprint density at radius 3 is 2.38 bits per heavy atom. The fraction of sp³-hybridized carbons (Fsp3) is 0.435. The summed E-state index contributed by atoms with van der Waals surface area (Å²) in [7, 11) is 0. The van der Waals surface area contributed by atoms with Gasteiger partial charge in [0, 0.05) is 10.6 Å². The second kappa shape index (κ2) is 9.27. The van der Waals surface area contributed by atoms with E-state index >= 15 is 0 Å². The highest BCUT2D eigenvalue weighted by Gasteiger charge is 2.15. The molecule has 0 amide bonds. The van der Waals surface area contributed by atoms with Gasteiger partial charge in [0.1, 0.15) is 0 Å². The molecule has 0 radical (unpaired) electrons. The molecule has 0 aliphatic carbocycles. The van der Waals surface area contributed by atoms with E-state index in [1.165, 1.54) is 21.6 Å². The summed E-state index contributed by atoms with van der Waals surface area (Å²) >= 11 is 1.83. The molecule has 0 spiro atoms. The summed E-state index contributed by atoms with van der Waals surface area (Å²) in [6.45, 7) is 10.9. The van der Waals surface area contributed by atoms with Crippen LogP contribution in [0.15, 0.2) is 53.4 Å². The van der Waals surface area contributed by atoms with Gasteiger partial charge in [0.2, 0.25) is 0 Å². The zero-order valence-corrected chi connectivity index (χ0v) is 17.4. The number of benzene rings is 2. The molecule has 1 atom stereocenters. The number of carbonyl (C=O) groups is 1. The van der Waals surface area contributed by atoms with Crippen LogP contribution in [0.2, 0.25) is 0 Å². The Morgan fingerprint density at radius 1 is 1.08 bits per heavy atom. The lowest BCUT2D eigenvalue weighted by Gasteiger charge is -2.19. The second-order valence-electron chi connectivity index (χ2n) is 7.74. The summed E-state index contributed by atoms with van der Waals surface area (Å²) in [6, 6.07) is 17.4. The maximum absolute atomic E-state index is 11.8. The maximum atomic E-state index is 11.8. The number of ether oxygens (including phenoxy) is 1. The van der Waals surface area contributed by atoms with E-state index in [0.29, 0.717) is 13.0 Å². The van der Waals surface area contributed by atoms with Gasteiger partial charge in [-0.1, -0.05) is 64.1 Å². The third-order valence-electron chi connectivity index (χ3n) is 4.35. The molecule has 140 valence electrons. The first kappa shape index (κ1) is 20.6. The fourth-order valence-electron chi connectivity index (χ4n) is 2.75. The monoisotopic (exact) mass is 370 g/mol. The molecule has 0 unspecified atom stereocenters. The average molecular weight is 371 g/mol. The van der Waals surface area contributed by atoms with Crippen LogP contribution in [0.5, 0.6) is 0 Å². The molecule has 0 N–H and O–H groups in total. The minimum absolute atomic E-state index is 0.111. The minimum atomic E-state index is -0.121. The number of hydrogen-bond acceptors (Lipinski definition) is 3. The van der Waals surface area contributed by atoms with Crippen LogP contribution in [0.4, 0.5) is 0 Å². The highest BCUT2D eigenvalue weighted by molar-refractivity contribution is 7.98. The van der Waals surface area contributed by atoms with Gasteiger partial charge in [0.25, 0.3) is 0 Å². The molecule has 26 heavy (non-hydrogen) atoms. The van der Waals surface area contributed by atoms with E-state index in [9.17, 15) is 4.79 Å². The summed E-state index contributed by atoms with van der Waals surface area (Å²) < 4.78 is 5.10. The van der Waals surface area contributed by atoms with E-state index in [0.717, 1.165) is 5.75 Å². The lowest BCUT2D eigenvalue weighted by Crippen LogP contribution is -2.16. The minimum Gasteiger partial charge on any atom is -0.466 e. The molecule has 2 rings (SSSR count). The molecule has 0 saturated heterocycles. The van der Waals surface area contributed by atoms with E-state index in [1.54, 1.807) is 0 Å². The van der Waals surface area contributed by atoms with Crippen molar-refractivity contribution in [3.63, 3.8) is 0 Å². The maximum Gasteiger partial charge on any atom is 0.308 e. The van der Waals surface area contributed by atoms with Gasteiger partial charge >= 0.3 is 5.97 Å². The van der Waals surface area contributed by atoms with Crippen LogP contribution in [0.3, 0.4) is 0 Å². The van der Waals surface area contributed by atoms with Crippen molar-refractivity contribution in [3.8, 4) is 0 Å². The summed E-state index contributed by atoms with van der Waals surface area (Å²) in [5.74, 6) is 0.714. The fourth-order valence-corrected chi connectivity index (χ4v) is 3.69. The molecule has 0 fully saturated rings. The number of carbonyl (C=O) groups excluding carboxylic acids is 1. The van der Waals surface area contributed by atoms with E-state index in [2.05, 4.69) is 69.3 Å². The van der Waals surface area contributed by atoms with E-state index < -0.39 is 0 Å². The highest BCUT2D eigenvalue weighted by Crippen LogP contribution is 2.27. The predicted octanol–water partition coefficient (Wildman–Crippen LogP) is 6.02. The summed E-state index contributed by atoms with van der Waals surface area (Å²) in [5, 5.41) is 0. The van der Waals surface area contributed by atoms with Crippen molar-refractivity contribution >= 4 is 17.7 Å². The summed E-state index contributed by atoms with van der Waals surface area (Å²) in [4.78, 5) is 13.0. The first-order valence-corrected chi connectivity index (χ1v) is 10.3. The molecule has 0 saturated carbocycles. The number of esters is 1. The van der Waals surface area contributed by atoms with E-state index in [1.807, 2.05) is 25.6 Å². The molecule has 3 heteroatoms. The molecule has 0 aromatic heterocycles. The standard InChI is InChI=1S/C23H30O2S/c1-6-25-22(24)17(2)14-19-8-7-9-21(15-19)26-16-18-10-12-20(13-11-18)23(3,4)5/h7-13,15,17H,6,14,16H2,1-5H3/t17-/m0/s1. The first-order valence-electron chi connectivity index (χ1n) is 9.27. The lowest BCUT2D eigenvalue weighted by molar-refractivity contribution is -0.147. The molecular weight excluding hydrogens is 340 g/mol. The van der Waals surface area contributed by atoms with Gasteiger partial charge in [0.05, 0.1) is 12.5 Å². The molecule has 2 aromatic carbocycles. The Bertz CT molecular complexity index is 714. The summed E-state index contributed by atoms with van der Waals surface area (Å²) in [5.41, 5.74) is 4.06. The van der Waals surface area contributed by atoms with Crippen LogP contribution in [0.1, 0.15) is 51.3 Å². The van der Waals surface area contributed by atoms with Gasteiger partial charge in [-0.05, 0) is 47.6 Å². The summed E-state index contributed by atoms with van der Waals surface area (Å²) in [6.07, 6.45) is 0.716. The van der Waals surface area contributed by atoms with Gasteiger partial charge < -0.3 is 4.74 Å². The topological polar surface area (TPSA) is 26.3 Å². The Balaban J connectivity index is 1.95. The predicted molar refractivity (Wildman–Crippen MR) is 111 cm³/mol. The molecule has 2 aromatic rings. The third kappa shape index (κ3) is 6.21. The normalized spacial score (nSPS) is 12.7. The third-order valence-corrected chi connectivity index (χ3v) is 5.42. The van der Waals surface area contributed by atoms with Crippen LogP contribution < -0.4 is 0 Å². The Kier molecular flexibility index (Phi) is 7.33. The van der Waals surface area contributed by atoms with Crippen LogP contribution >= 0.6 is 11.8 Å². The highest BCUT2D eigenvalue weighted by atomic mass is 32.2. The van der Waals surface area contributed by atoms with Crippen molar-refractivity contribution < 1.29 is 9.53 Å². The largest absolute Gasteiger partial charge is 0.466 e. The van der Waals surface area contributed by atoms with Crippen LogP contribution in [0, 0.1) is 5.92 Å². The van der Waals surface area contributed by atoms with Crippen molar-refractivity contribution in [3.05, 3.63) is 65.2 Å². The molecule has 2 nitrogen and oxygen atoms in total. The van der Waals surface area contributed by atoms with Gasteiger partial charge in [-0.3, -0.25) is 4.79 Å². The second-order valence-corrected chi connectivity index (χ2v) is 8.79. The number of thioether (sulfide) groups is 1. The van der Waals surface area contributed by atoms with Crippen molar-refractivity contribution in [2.24, 2.45) is 5.92 Å². The van der Waals surface area contributed by atoms with Gasteiger partial charge in [-0.25, -0.2) is 0 Å². The van der Waals surface area contributed by atoms with Crippen molar-refractivity contribution in [2.75, 3.05) is 6.61 Å². The van der Waals surface area contributed by atoms with Gasteiger partial charge in [-0.2, -0.15) is 0 Å². The zero-order valence-electron chi connectivity index (χ0n) is 16.5. The lowest BCUT2D eigenvalue weighted by atomic mass is 9.87. The zero-order chi connectivity index (χ0) is 19.2. The van der Waals surface area contributed by atoms with Gasteiger partial charge in [0.15, 0.2) is 0 Å². The van der Waals surface area contributed by atoms with E-state index in [4.69, 9.17) is 4.74 Å². The number of hydrogen-bond donors (Lipinski definition) is 0. The van der Waals surface area contributed by atoms with Crippen LogP contribution in [0.25, 0.3) is 0 Å². The quantitative estimate of drug-likeness (QED) is 0.440. The van der Waals surface area contributed by atoms with Crippen LogP contribution in [-0.2, 0) is 27.1 Å². The Labute approximate surface area is 162 Å². The number of rotatable bonds is 7. The van der Waals surface area contributed by atoms with Crippen molar-refractivity contribution in [1.29, 1.82) is 0 Å². The molecular formula is C23H30O2S. The van der Waals surface area contributed by atoms with Gasteiger partial charge in [-0.15, -0.1) is 11.8 Å². The SMILES string of the molecule is CCOC(=O)[C@@H](C)Cc1cccc(SCc2ccc(C(C)(C)C)cc2)c1. The molecule has 0 bridgehead atoms. The Morgan fingerprint density at radius 2 is 1.77 bits per heavy atom. The van der Waals surface area contributed by atoms with Crippen molar-refractivity contribution in [1.82, 2.24) is 0 Å². The van der Waals surface area contributed by atoms with Crippen molar-refractivity contribution in [2.45, 2.75) is 57.1 Å². The van der Waals surface area contributed by atoms with Crippen LogP contribution in [-0.4, -0.2) is 12.6 Å².